The Morgan fingerprint density at radius 1 is 1.32 bits per heavy atom. The first-order chi connectivity index (χ1) is 9.17. The van der Waals surface area contributed by atoms with Crippen LogP contribution in [0.5, 0.6) is 5.75 Å². The summed E-state index contributed by atoms with van der Waals surface area (Å²) in [5.74, 6) is 1.62. The van der Waals surface area contributed by atoms with Gasteiger partial charge < -0.3 is 10.1 Å². The van der Waals surface area contributed by atoms with Gasteiger partial charge in [0, 0.05) is 16.1 Å². The van der Waals surface area contributed by atoms with Gasteiger partial charge in [0.1, 0.15) is 5.75 Å². The van der Waals surface area contributed by atoms with Crippen molar-refractivity contribution in [2.24, 2.45) is 5.92 Å². The van der Waals surface area contributed by atoms with E-state index in [0.717, 1.165) is 10.2 Å². The van der Waals surface area contributed by atoms with Crippen molar-refractivity contribution < 1.29 is 4.74 Å². The van der Waals surface area contributed by atoms with E-state index >= 15 is 0 Å². The van der Waals surface area contributed by atoms with Crippen molar-refractivity contribution in [3.05, 3.63) is 28.2 Å². The third-order valence-electron chi connectivity index (χ3n) is 3.76. The molecule has 0 heterocycles. The Bertz CT molecular complexity index is 381. The normalized spacial score (nSPS) is 14.2. The fourth-order valence-corrected chi connectivity index (χ4v) is 3.04. The molecule has 1 aromatic carbocycles. The SMILES string of the molecule is CCCCC(CC)C(NC)c1cc(Br)ccc1OC. The van der Waals surface area contributed by atoms with E-state index in [9.17, 15) is 0 Å². The number of nitrogens with one attached hydrogen (secondary N) is 1. The van der Waals surface area contributed by atoms with Crippen LogP contribution in [0.1, 0.15) is 51.1 Å². The van der Waals surface area contributed by atoms with Crippen molar-refractivity contribution in [3.63, 3.8) is 0 Å². The third-order valence-corrected chi connectivity index (χ3v) is 4.26. The fraction of sp³-hybridized carbons (Fsp3) is 0.625. The van der Waals surface area contributed by atoms with Crippen LogP contribution in [0, 0.1) is 5.92 Å². The van der Waals surface area contributed by atoms with Crippen LogP contribution in [0.4, 0.5) is 0 Å². The largest absolute Gasteiger partial charge is 0.496 e. The molecule has 0 aliphatic rings. The summed E-state index contributed by atoms with van der Waals surface area (Å²) in [6, 6.07) is 6.59. The molecule has 1 aromatic rings. The summed E-state index contributed by atoms with van der Waals surface area (Å²) < 4.78 is 6.63. The molecule has 0 radical (unpaired) electrons. The lowest BCUT2D eigenvalue weighted by atomic mass is 9.86. The minimum absolute atomic E-state index is 0.351. The first kappa shape index (κ1) is 16.5. The van der Waals surface area contributed by atoms with Gasteiger partial charge in [-0.2, -0.15) is 0 Å². The predicted molar refractivity (Wildman–Crippen MR) is 85.8 cm³/mol. The smallest absolute Gasteiger partial charge is 0.123 e. The van der Waals surface area contributed by atoms with E-state index in [1.165, 1.54) is 31.2 Å². The molecule has 108 valence electrons. The third kappa shape index (κ3) is 4.50. The Hall–Kier alpha value is -0.540. The van der Waals surface area contributed by atoms with Gasteiger partial charge in [0.05, 0.1) is 7.11 Å². The van der Waals surface area contributed by atoms with Crippen molar-refractivity contribution in [1.29, 1.82) is 0 Å². The molecule has 2 atom stereocenters. The quantitative estimate of drug-likeness (QED) is 0.730. The molecule has 1 N–H and O–H groups in total. The molecule has 0 spiro atoms. The maximum atomic E-state index is 5.52. The van der Waals surface area contributed by atoms with Crippen LogP contribution in [0.15, 0.2) is 22.7 Å². The van der Waals surface area contributed by atoms with Gasteiger partial charge in [-0.25, -0.2) is 0 Å². The first-order valence-corrected chi connectivity index (χ1v) is 7.97. The first-order valence-electron chi connectivity index (χ1n) is 7.18. The topological polar surface area (TPSA) is 21.3 Å². The van der Waals surface area contributed by atoms with Gasteiger partial charge in [0.15, 0.2) is 0 Å². The average Bonchev–Trinajstić information content (AvgIpc) is 2.43. The zero-order chi connectivity index (χ0) is 14.3. The van der Waals surface area contributed by atoms with E-state index in [2.05, 4.69) is 41.2 Å². The summed E-state index contributed by atoms with van der Waals surface area (Å²) in [7, 11) is 3.78. The van der Waals surface area contributed by atoms with Crippen LogP contribution in [0.25, 0.3) is 0 Å². The maximum Gasteiger partial charge on any atom is 0.123 e. The van der Waals surface area contributed by atoms with Gasteiger partial charge in [-0.1, -0.05) is 49.0 Å². The number of hydrogen-bond donors (Lipinski definition) is 1. The summed E-state index contributed by atoms with van der Waals surface area (Å²) in [4.78, 5) is 0. The molecule has 1 rings (SSSR count). The number of benzene rings is 1. The number of unbranched alkanes of at least 4 members (excludes halogenated alkanes) is 1. The van der Waals surface area contributed by atoms with Crippen molar-refractivity contribution in [2.45, 2.75) is 45.6 Å². The van der Waals surface area contributed by atoms with Gasteiger partial charge >= 0.3 is 0 Å². The summed E-state index contributed by atoms with van der Waals surface area (Å²) in [5.41, 5.74) is 1.25. The number of halogens is 1. The minimum Gasteiger partial charge on any atom is -0.496 e. The average molecular weight is 328 g/mol. The minimum atomic E-state index is 0.351. The van der Waals surface area contributed by atoms with Crippen molar-refractivity contribution in [2.75, 3.05) is 14.2 Å². The second-order valence-corrected chi connectivity index (χ2v) is 5.88. The van der Waals surface area contributed by atoms with Gasteiger partial charge in [-0.05, 0) is 37.6 Å². The molecule has 19 heavy (non-hydrogen) atoms. The van der Waals surface area contributed by atoms with Crippen molar-refractivity contribution in [1.82, 2.24) is 5.32 Å². The molecule has 2 unspecified atom stereocenters. The summed E-state index contributed by atoms with van der Waals surface area (Å²) in [6.45, 7) is 4.52. The number of ether oxygens (including phenoxy) is 1. The highest BCUT2D eigenvalue weighted by Gasteiger charge is 2.23. The highest BCUT2D eigenvalue weighted by atomic mass is 79.9. The summed E-state index contributed by atoms with van der Waals surface area (Å²) in [5, 5.41) is 3.48. The van der Waals surface area contributed by atoms with E-state index < -0.39 is 0 Å². The second-order valence-electron chi connectivity index (χ2n) is 4.96. The fourth-order valence-electron chi connectivity index (χ4n) is 2.67. The lowest BCUT2D eigenvalue weighted by molar-refractivity contribution is 0.324. The molecule has 0 amide bonds. The van der Waals surface area contributed by atoms with Crippen molar-refractivity contribution >= 4 is 15.9 Å². The van der Waals surface area contributed by atoms with Gasteiger partial charge in [-0.3, -0.25) is 0 Å². The van der Waals surface area contributed by atoms with Crippen molar-refractivity contribution in [3.8, 4) is 5.75 Å². The Morgan fingerprint density at radius 3 is 2.58 bits per heavy atom. The zero-order valence-electron chi connectivity index (χ0n) is 12.5. The summed E-state index contributed by atoms with van der Waals surface area (Å²) in [6.07, 6.45) is 4.98. The van der Waals surface area contributed by atoms with Crippen LogP contribution in [0.3, 0.4) is 0 Å². The molecule has 0 aliphatic heterocycles. The van der Waals surface area contributed by atoms with Gasteiger partial charge in [0.2, 0.25) is 0 Å². The lowest BCUT2D eigenvalue weighted by Gasteiger charge is -2.28. The zero-order valence-corrected chi connectivity index (χ0v) is 14.1. The highest BCUT2D eigenvalue weighted by Crippen LogP contribution is 2.35. The van der Waals surface area contributed by atoms with E-state index in [1.807, 2.05) is 19.2 Å². The molecular formula is C16H26BrNO. The molecule has 0 bridgehead atoms. The molecular weight excluding hydrogens is 302 g/mol. The van der Waals surface area contributed by atoms with E-state index in [0.29, 0.717) is 12.0 Å². The van der Waals surface area contributed by atoms with E-state index in [1.54, 1.807) is 7.11 Å². The highest BCUT2D eigenvalue weighted by molar-refractivity contribution is 9.10. The Kier molecular flexibility index (Phi) is 7.47. The second kappa shape index (κ2) is 8.60. The molecule has 2 nitrogen and oxygen atoms in total. The molecule has 0 fully saturated rings. The van der Waals surface area contributed by atoms with Gasteiger partial charge in [0.25, 0.3) is 0 Å². The number of methoxy groups -OCH3 is 1. The number of rotatable bonds is 8. The number of hydrogen-bond acceptors (Lipinski definition) is 2. The Morgan fingerprint density at radius 2 is 2.05 bits per heavy atom. The molecule has 0 aliphatic carbocycles. The van der Waals surface area contributed by atoms with E-state index in [-0.39, 0.29) is 0 Å². The van der Waals surface area contributed by atoms with Crippen LogP contribution in [-0.4, -0.2) is 14.2 Å². The van der Waals surface area contributed by atoms with Crippen LogP contribution >= 0.6 is 15.9 Å². The Labute approximate surface area is 126 Å². The maximum absolute atomic E-state index is 5.52. The Balaban J connectivity index is 3.02. The molecule has 0 saturated carbocycles. The molecule has 0 aromatic heterocycles. The van der Waals surface area contributed by atoms with E-state index in [4.69, 9.17) is 4.74 Å². The summed E-state index contributed by atoms with van der Waals surface area (Å²) >= 11 is 3.56. The lowest BCUT2D eigenvalue weighted by Crippen LogP contribution is -2.25. The molecule has 3 heteroatoms. The van der Waals surface area contributed by atoms with Crippen LogP contribution in [0.2, 0.25) is 0 Å². The molecule has 0 saturated heterocycles. The standard InChI is InChI=1S/C16H26BrNO/c1-5-7-8-12(6-2)16(18-3)14-11-13(17)9-10-15(14)19-4/h9-12,16,18H,5-8H2,1-4H3. The predicted octanol–water partition coefficient (Wildman–Crippen LogP) is 4.93. The van der Waals surface area contributed by atoms with Crippen LogP contribution in [-0.2, 0) is 0 Å². The van der Waals surface area contributed by atoms with Crippen LogP contribution < -0.4 is 10.1 Å². The van der Waals surface area contributed by atoms with Gasteiger partial charge in [-0.15, -0.1) is 0 Å². The monoisotopic (exact) mass is 327 g/mol.